The molecule has 69 heavy (non-hydrogen) atoms. The van der Waals surface area contributed by atoms with Gasteiger partial charge in [0.2, 0.25) is 0 Å². The standard InChI is InChI=1S/C49H78O20/c1-44(2)27-10-13-48(6)28(9-8-22-23-18-45(3,43(62)63-7)14-16-49(23,42(60)61)17-15-47(22,48)5)46(27,4)12-11-29(44)67-40-35(58)37(31(54)25(20-51)65-40)69-41-36(59)38(32(55)26(21-52)66-41)68-39-34(57)33(56)30(53)24(19-50)64-39/h8,23-41,50-59H,9-21H2,1-7H3,(H,60,61)/t23-,24-,25-,26-,27-,28+,29+,30-,31-,32-,33+,34-,35-,36-,37+,38+,39+,40+,41+,45+,46+,47-,48-,49+/m1/s1. The zero-order valence-electron chi connectivity index (χ0n) is 40.8. The number of aliphatic hydroxyl groups is 10. The summed E-state index contributed by atoms with van der Waals surface area (Å²) in [6, 6.07) is 0. The van der Waals surface area contributed by atoms with Gasteiger partial charge in [0.25, 0.3) is 0 Å². The molecule has 0 aromatic carbocycles. The van der Waals surface area contributed by atoms with E-state index in [1.807, 2.05) is 6.92 Å². The minimum absolute atomic E-state index is 0.125. The minimum atomic E-state index is -1.96. The van der Waals surface area contributed by atoms with Crippen LogP contribution in [0.3, 0.4) is 0 Å². The van der Waals surface area contributed by atoms with Gasteiger partial charge in [-0.3, -0.25) is 9.59 Å². The number of rotatable bonds is 11. The van der Waals surface area contributed by atoms with Gasteiger partial charge in [0, 0.05) is 0 Å². The lowest BCUT2D eigenvalue weighted by atomic mass is 9.33. The SMILES string of the molecule is COC(=O)[C@@]1(C)CC[C@]2(C(=O)O)CC[C@]3(C)C(=CC[C@H]4[C@@]5(C)CC[C@H](O[C@@H]6O[C@H](CO)[C@@H](O)[C@H](O[C@@H]7O[C@H](CO)[C@@H](O)[C@H](O[C@@H]8O[C@H](CO)[C@@H](O)[C@H](O)[C@H]8O)[C@H]7O)[C@H]6O)C(C)(C)[C@H]5CC[C@]43C)[C@H]2C1. The average molecular weight is 987 g/mol. The molecule has 11 N–H and O–H groups in total. The van der Waals surface area contributed by atoms with Crippen LogP contribution in [0.4, 0.5) is 0 Å². The van der Waals surface area contributed by atoms with E-state index in [0.29, 0.717) is 32.1 Å². The monoisotopic (exact) mass is 987 g/mol. The number of carbonyl (C=O) groups is 2. The molecule has 3 saturated heterocycles. The predicted molar refractivity (Wildman–Crippen MR) is 237 cm³/mol. The number of hydrogen-bond acceptors (Lipinski definition) is 19. The van der Waals surface area contributed by atoms with Gasteiger partial charge in [-0.05, 0) is 111 Å². The molecule has 5 aliphatic carbocycles. The van der Waals surface area contributed by atoms with E-state index in [4.69, 9.17) is 33.2 Å². The number of aliphatic hydroxyl groups excluding tert-OH is 10. The highest BCUT2D eigenvalue weighted by Gasteiger charge is 2.70. The maximum absolute atomic E-state index is 13.2. The van der Waals surface area contributed by atoms with Crippen LogP contribution in [0.15, 0.2) is 11.6 Å². The fourth-order valence-electron chi connectivity index (χ4n) is 15.4. The highest BCUT2D eigenvalue weighted by Crippen LogP contribution is 2.76. The van der Waals surface area contributed by atoms with Crippen molar-refractivity contribution in [2.75, 3.05) is 26.9 Å². The third kappa shape index (κ3) is 8.26. The summed E-state index contributed by atoms with van der Waals surface area (Å²) >= 11 is 0. The van der Waals surface area contributed by atoms with E-state index in [1.54, 1.807) is 0 Å². The normalized spacial score (nSPS) is 52.8. The molecule has 394 valence electrons. The van der Waals surface area contributed by atoms with Crippen LogP contribution in [0.5, 0.6) is 0 Å². The van der Waals surface area contributed by atoms with Gasteiger partial charge in [0.05, 0.1) is 43.9 Å². The second-order valence-corrected chi connectivity index (χ2v) is 23.4. The molecule has 0 aromatic heterocycles. The first-order valence-electron chi connectivity index (χ1n) is 24.9. The van der Waals surface area contributed by atoms with Gasteiger partial charge in [-0.2, -0.15) is 0 Å². The zero-order chi connectivity index (χ0) is 50.6. The molecule has 0 unspecified atom stereocenters. The predicted octanol–water partition coefficient (Wildman–Crippen LogP) is -0.141. The minimum Gasteiger partial charge on any atom is -0.481 e. The van der Waals surface area contributed by atoms with E-state index < -0.39 is 140 Å². The molecule has 0 spiro atoms. The Morgan fingerprint density at radius 1 is 0.623 bits per heavy atom. The molecule has 3 aliphatic heterocycles. The maximum Gasteiger partial charge on any atom is 0.311 e. The first kappa shape index (κ1) is 53.3. The highest BCUT2D eigenvalue weighted by atomic mass is 16.8. The highest BCUT2D eigenvalue weighted by molar-refractivity contribution is 5.80. The number of esters is 1. The molecule has 3 heterocycles. The first-order valence-corrected chi connectivity index (χ1v) is 24.9. The van der Waals surface area contributed by atoms with E-state index in [9.17, 15) is 65.8 Å². The van der Waals surface area contributed by atoms with Crippen LogP contribution >= 0.6 is 0 Å². The van der Waals surface area contributed by atoms with Gasteiger partial charge < -0.3 is 89.3 Å². The first-order chi connectivity index (χ1) is 32.3. The Labute approximate surface area is 402 Å². The average Bonchev–Trinajstić information content (AvgIpc) is 3.31. The number of ether oxygens (including phenoxy) is 7. The van der Waals surface area contributed by atoms with Gasteiger partial charge in [0.1, 0.15) is 73.2 Å². The third-order valence-electron chi connectivity index (χ3n) is 19.8. The van der Waals surface area contributed by atoms with E-state index in [1.165, 1.54) is 12.7 Å². The van der Waals surface area contributed by atoms with Gasteiger partial charge in [-0.1, -0.05) is 46.3 Å². The molecule has 0 amide bonds. The van der Waals surface area contributed by atoms with E-state index in [-0.39, 0.29) is 40.0 Å². The summed E-state index contributed by atoms with van der Waals surface area (Å²) in [5.41, 5.74) is -1.75. The zero-order valence-corrected chi connectivity index (χ0v) is 40.8. The van der Waals surface area contributed by atoms with Crippen molar-refractivity contribution >= 4 is 11.9 Å². The van der Waals surface area contributed by atoms with Crippen LogP contribution in [0.1, 0.15) is 106 Å². The summed E-state index contributed by atoms with van der Waals surface area (Å²) in [5, 5.41) is 118. The van der Waals surface area contributed by atoms with Crippen molar-refractivity contribution in [1.82, 2.24) is 0 Å². The van der Waals surface area contributed by atoms with Gasteiger partial charge >= 0.3 is 11.9 Å². The number of allylic oxidation sites excluding steroid dienone is 2. The Kier molecular flexibility index (Phi) is 14.7. The van der Waals surface area contributed by atoms with Crippen LogP contribution < -0.4 is 0 Å². The Hall–Kier alpha value is -1.96. The number of methoxy groups -OCH3 is 1. The summed E-state index contributed by atoms with van der Waals surface area (Å²) < 4.78 is 40.9. The van der Waals surface area contributed by atoms with Crippen LogP contribution in [0, 0.1) is 50.2 Å². The number of hydrogen-bond donors (Lipinski definition) is 11. The molecule has 0 radical (unpaired) electrons. The van der Waals surface area contributed by atoms with Crippen LogP contribution in [-0.4, -0.2) is 193 Å². The molecule has 0 aromatic rings. The van der Waals surface area contributed by atoms with Crippen molar-refractivity contribution in [2.45, 2.75) is 204 Å². The Balaban J connectivity index is 1.00. The summed E-state index contributed by atoms with van der Waals surface area (Å²) in [5.74, 6) is -1.04. The lowest BCUT2D eigenvalue weighted by Gasteiger charge is -2.71. The van der Waals surface area contributed by atoms with E-state index in [0.717, 1.165) is 32.1 Å². The summed E-state index contributed by atoms with van der Waals surface area (Å²) in [4.78, 5) is 26.4. The summed E-state index contributed by atoms with van der Waals surface area (Å²) in [6.45, 7) is 11.0. The molecule has 24 atom stereocenters. The quantitative estimate of drug-likeness (QED) is 0.0729. The molecule has 8 rings (SSSR count). The molecular formula is C49H78O20. The number of carbonyl (C=O) groups excluding carboxylic acids is 1. The van der Waals surface area contributed by atoms with Crippen molar-refractivity contribution in [1.29, 1.82) is 0 Å². The molecule has 7 fully saturated rings. The van der Waals surface area contributed by atoms with E-state index >= 15 is 0 Å². The Morgan fingerprint density at radius 2 is 1.14 bits per heavy atom. The fourth-order valence-corrected chi connectivity index (χ4v) is 15.4. The van der Waals surface area contributed by atoms with Gasteiger partial charge in [-0.15, -0.1) is 0 Å². The summed E-state index contributed by atoms with van der Waals surface area (Å²) in [7, 11) is 1.39. The second kappa shape index (κ2) is 19.1. The van der Waals surface area contributed by atoms with Gasteiger partial charge in [-0.25, -0.2) is 0 Å². The number of carboxylic acid groups (broad SMARTS) is 1. The van der Waals surface area contributed by atoms with Crippen LogP contribution in [0.25, 0.3) is 0 Å². The summed E-state index contributed by atoms with van der Waals surface area (Å²) in [6.07, 6.45) is -17.2. The van der Waals surface area contributed by atoms with Crippen molar-refractivity contribution in [3.63, 3.8) is 0 Å². The Morgan fingerprint density at radius 3 is 1.68 bits per heavy atom. The number of aliphatic carboxylic acids is 1. The molecule has 0 bridgehead atoms. The molecule has 20 heteroatoms. The topological polar surface area (TPSA) is 321 Å². The largest absolute Gasteiger partial charge is 0.481 e. The Bertz CT molecular complexity index is 1920. The molecular weight excluding hydrogens is 909 g/mol. The lowest BCUT2D eigenvalue weighted by molar-refractivity contribution is -0.385. The lowest BCUT2D eigenvalue weighted by Crippen LogP contribution is -2.67. The van der Waals surface area contributed by atoms with Crippen molar-refractivity contribution in [3.05, 3.63) is 11.6 Å². The molecule has 20 nitrogen and oxygen atoms in total. The maximum atomic E-state index is 13.2. The van der Waals surface area contributed by atoms with E-state index in [2.05, 4.69) is 40.7 Å². The molecule has 4 saturated carbocycles. The number of fused-ring (bicyclic) bond motifs is 7. The van der Waals surface area contributed by atoms with Gasteiger partial charge in [0.15, 0.2) is 18.9 Å². The van der Waals surface area contributed by atoms with Crippen molar-refractivity contribution in [3.8, 4) is 0 Å². The van der Waals surface area contributed by atoms with Crippen LogP contribution in [0.2, 0.25) is 0 Å². The molecule has 8 aliphatic rings. The van der Waals surface area contributed by atoms with Crippen molar-refractivity contribution < 1.29 is 98.9 Å². The number of carboxylic acids is 1. The third-order valence-corrected chi connectivity index (χ3v) is 19.8. The van der Waals surface area contributed by atoms with Crippen LogP contribution in [-0.2, 0) is 42.7 Å². The smallest absolute Gasteiger partial charge is 0.311 e. The second-order valence-electron chi connectivity index (χ2n) is 23.4. The van der Waals surface area contributed by atoms with Crippen molar-refractivity contribution in [2.24, 2.45) is 50.2 Å². The fraction of sp³-hybridized carbons (Fsp3) is 0.918.